The van der Waals surface area contributed by atoms with Crippen LogP contribution in [0.1, 0.15) is 156 Å². The van der Waals surface area contributed by atoms with E-state index in [1.165, 1.54) is 75.5 Å². The number of aliphatic hydroxyl groups excluding tert-OH is 1. The maximum absolute atomic E-state index is 10.6. The van der Waals surface area contributed by atoms with Gasteiger partial charge in [0.05, 0.1) is 61.4 Å². The van der Waals surface area contributed by atoms with Crippen LogP contribution in [-0.4, -0.2) is 143 Å². The number of rotatable bonds is 25. The van der Waals surface area contributed by atoms with E-state index in [9.17, 15) is 14.7 Å². The van der Waals surface area contributed by atoms with Gasteiger partial charge in [0.25, 0.3) is 6.47 Å². The van der Waals surface area contributed by atoms with E-state index in [2.05, 4.69) is 171 Å². The van der Waals surface area contributed by atoms with Gasteiger partial charge in [-0.05, 0) is 232 Å². The molecule has 2 fully saturated rings. The van der Waals surface area contributed by atoms with Crippen molar-refractivity contribution < 1.29 is 153 Å². The molecule has 542 valence electrons. The number of nitrogens with two attached hydrogens (primary N) is 1. The number of aromatic hydroxyl groups is 1. The molecule has 0 bridgehead atoms. The van der Waals surface area contributed by atoms with Crippen molar-refractivity contribution in [3.8, 4) is 40.1 Å². The van der Waals surface area contributed by atoms with Crippen LogP contribution in [0.4, 0.5) is 5.69 Å². The van der Waals surface area contributed by atoms with Crippen LogP contribution in [0.25, 0.3) is 17.1 Å². The van der Waals surface area contributed by atoms with Crippen molar-refractivity contribution in [1.29, 1.82) is 0 Å². The molecule has 28 heteroatoms. The number of Topliss-reactive ketones (excluding diaryl/α,β-unsaturated/α-hetero) is 2. The molecule has 0 unspecified atom stereocenters. The summed E-state index contributed by atoms with van der Waals surface area (Å²) in [5.41, 5.74) is 13.7. The molecule has 0 radical (unpaired) electrons. The largest absolute Gasteiger partial charge is 1.00 e. The van der Waals surface area contributed by atoms with Crippen LogP contribution >= 0.6 is 71.3 Å². The Morgan fingerprint density at radius 1 is 0.596 bits per heavy atom. The number of aryl methyl sites for hydroxylation is 6. The minimum atomic E-state index is -0.181. The van der Waals surface area contributed by atoms with E-state index in [1.54, 1.807) is 47.1 Å². The third kappa shape index (κ3) is 44.1. The van der Waals surface area contributed by atoms with Crippen LogP contribution in [0, 0.1) is 0 Å². The van der Waals surface area contributed by atoms with Gasteiger partial charge in [0.1, 0.15) is 34.6 Å². The van der Waals surface area contributed by atoms with Crippen molar-refractivity contribution in [3.05, 3.63) is 149 Å². The molecule has 5 heterocycles. The summed E-state index contributed by atoms with van der Waals surface area (Å²) < 4.78 is 22.3. The smallest absolute Gasteiger partial charge is 1.00 e. The predicted octanol–water partition coefficient (Wildman–Crippen LogP) is 8.73. The molecule has 0 amide bonds. The maximum Gasteiger partial charge on any atom is 1.00 e. The van der Waals surface area contributed by atoms with Gasteiger partial charge >= 0.3 is 106 Å². The SMILES string of the molecule is BrB(Br)Br.CCC(=O)CC(=O)CC.CCO.CCc1cc(CC)n(-c2ccc(O)cc2)n1.CCc1cc(CC)n(-c2ccc(OC)cc2)n1.CCc1cc(CC)n(-c2ccc(OCCCN3CCCC3)cc2)n1.COc1ccc(NN)cc1.Cl.ClCCCN1CCCC1.O=CO[O-].[H-].[K+].[K+]. The number of ketones is 2. The number of hydrogen-bond acceptors (Lipinski definition) is 17. The van der Waals surface area contributed by atoms with Crippen molar-refractivity contribution in [2.75, 3.05) is 78.0 Å². The van der Waals surface area contributed by atoms with Crippen LogP contribution in [-0.2, 0) is 57.8 Å². The van der Waals surface area contributed by atoms with Crippen molar-refractivity contribution in [2.45, 2.75) is 159 Å². The maximum atomic E-state index is 10.6. The number of aromatic nitrogens is 6. The molecule has 3 aromatic heterocycles. The van der Waals surface area contributed by atoms with Gasteiger partial charge in [0.2, 0.25) is 0 Å². The third-order valence-corrected chi connectivity index (χ3v) is 14.8. The van der Waals surface area contributed by atoms with Gasteiger partial charge in [-0.15, -0.1) is 71.3 Å². The molecule has 2 aliphatic rings. The molecule has 99 heavy (non-hydrogen) atoms. The quantitative estimate of drug-likeness (QED) is 0.00610. The number of aliphatic hydroxyl groups is 1. The Labute approximate surface area is 713 Å². The minimum Gasteiger partial charge on any atom is -1.00 e. The number of alkyl halides is 1. The number of methoxy groups -OCH3 is 2. The Balaban J connectivity index is -0.000000548. The summed E-state index contributed by atoms with van der Waals surface area (Å²) in [5.74, 6) is 8.98. The molecule has 20 nitrogen and oxygen atoms in total. The van der Waals surface area contributed by atoms with E-state index in [0.29, 0.717) is 12.8 Å². The van der Waals surface area contributed by atoms with Gasteiger partial charge < -0.3 is 51.2 Å². The Morgan fingerprint density at radius 3 is 1.19 bits per heavy atom. The number of carbonyl (C=O) groups is 3. The van der Waals surface area contributed by atoms with Crippen LogP contribution < -0.4 is 134 Å². The number of ether oxygens (including phenoxy) is 3. The number of likely N-dealkylation sites (tertiary alicyclic amines) is 2. The second-order valence-electron chi connectivity index (χ2n) is 21.4. The Morgan fingerprint density at radius 2 is 0.909 bits per heavy atom. The monoisotopic (exact) mass is 1660 g/mol. The zero-order valence-electron chi connectivity index (χ0n) is 61.8. The average Bonchev–Trinajstić information content (AvgIpc) is 1.70. The molecule has 4 aromatic carbocycles. The number of hydrazine groups is 1. The summed E-state index contributed by atoms with van der Waals surface area (Å²) in [6.07, 6.45) is 14.6. The van der Waals surface area contributed by atoms with Crippen molar-refractivity contribution >= 4 is 98.2 Å². The van der Waals surface area contributed by atoms with Gasteiger partial charge in [-0.2, -0.15) is 15.3 Å². The summed E-state index contributed by atoms with van der Waals surface area (Å²) in [7, 11) is 3.31. The molecule has 2 saturated heterocycles. The summed E-state index contributed by atoms with van der Waals surface area (Å²) in [4.78, 5) is 37.4. The first-order valence-electron chi connectivity index (χ1n) is 33.2. The molecule has 0 aliphatic carbocycles. The first kappa shape index (κ1) is 101. The fourth-order valence-electron chi connectivity index (χ4n) is 9.30. The fourth-order valence-corrected chi connectivity index (χ4v) is 9.42. The third-order valence-electron chi connectivity index (χ3n) is 14.5. The number of nitrogen functional groups attached to an aromatic ring is 1. The Kier molecular flexibility index (Phi) is 65.0. The number of nitrogens with one attached hydrogen (secondary N) is 1. The topological polar surface area (TPSA) is 250 Å². The van der Waals surface area contributed by atoms with Gasteiger partial charge in [0.15, 0.2) is 0 Å². The number of phenols is 1. The summed E-state index contributed by atoms with van der Waals surface area (Å²) >= 11 is 14.9. The van der Waals surface area contributed by atoms with Crippen LogP contribution in [0.15, 0.2) is 115 Å². The molecular weight excluding hydrogens is 1550 g/mol. The van der Waals surface area contributed by atoms with E-state index in [-0.39, 0.29) is 157 Å². The van der Waals surface area contributed by atoms with Gasteiger partial charge in [-0.3, -0.25) is 20.2 Å². The number of phenolic OH excluding ortho intramolecular Hbond substituents is 1. The predicted molar refractivity (Wildman–Crippen MR) is 409 cm³/mol. The number of carbonyl (C=O) groups excluding carboxylic acids is 3. The molecule has 2 aliphatic heterocycles. The van der Waals surface area contributed by atoms with Crippen LogP contribution in [0.5, 0.6) is 23.0 Å². The normalized spacial score (nSPS) is 11.5. The second-order valence-corrected chi connectivity index (χ2v) is 28.2. The van der Waals surface area contributed by atoms with Gasteiger partial charge in [0, 0.05) is 54.6 Å². The Bertz CT molecular complexity index is 3080. The number of nitrogens with zero attached hydrogens (tertiary/aromatic N) is 8. The molecular formula is C71H108BBr3Cl2K2N10O10. The van der Waals surface area contributed by atoms with E-state index in [4.69, 9.17) is 46.8 Å². The van der Waals surface area contributed by atoms with E-state index < -0.39 is 0 Å². The minimum absolute atomic E-state index is 0. The second kappa shape index (κ2) is 63.9. The molecule has 5 N–H and O–H groups in total. The first-order chi connectivity index (χ1) is 46.4. The molecule has 0 spiro atoms. The van der Waals surface area contributed by atoms with E-state index >= 15 is 0 Å². The van der Waals surface area contributed by atoms with Gasteiger partial charge in [-0.1, -0.05) is 55.4 Å². The van der Waals surface area contributed by atoms with Gasteiger partial charge in [-0.25, -0.2) is 14.0 Å². The molecule has 0 atom stereocenters. The van der Waals surface area contributed by atoms with E-state index in [0.717, 1.165) is 127 Å². The number of hydrogen-bond donors (Lipinski definition) is 4. The summed E-state index contributed by atoms with van der Waals surface area (Å²) in [5, 5.41) is 39.1. The molecule has 9 rings (SSSR count). The number of halogens is 5. The molecule has 7 aromatic rings. The van der Waals surface area contributed by atoms with Crippen LogP contribution in [0.2, 0.25) is 0 Å². The molecule has 0 saturated carbocycles. The Hall–Kier alpha value is -2.52. The van der Waals surface area contributed by atoms with Crippen LogP contribution in [0.3, 0.4) is 0 Å². The van der Waals surface area contributed by atoms with Crippen molar-refractivity contribution in [1.82, 2.24) is 39.1 Å². The first-order valence-corrected chi connectivity index (χ1v) is 36.5. The number of benzene rings is 4. The fraction of sp³-hybridized carbons (Fsp3) is 0.493. The average molecular weight is 1660 g/mol. The summed E-state index contributed by atoms with van der Waals surface area (Å²) in [6, 6.07) is 37.3. The zero-order valence-corrected chi connectivity index (χ0v) is 73.4. The standard InChI is InChI=1S/C20H29N3O.C14H18N2O.C13H16N2O.C7H14ClN.C7H10N2O.C7H12O2.C2H6O.CH2O3.BBr3.ClH.2K.H/c1-3-17-16-18(4-2)23(21-17)19-8-10-20(11-9-19)24-15-7-14-22-12-5-6-13-22;1-4-11-10-12(5-2)16(15-11)13-6-8-14(17-3)9-7-13;1-3-10-9-11(4-2)15(14-10)12-5-7-13(16)8-6-12;8-4-3-7-9-5-1-2-6-9;1-10-7-4-2-6(9-8)3-5-7;1-3-6(8)5-7(9)4-2;1-2-3;2-1-4-3;2-1(3)4;;;;/h8-11,16H,3-7,12-15H2,1-2H3;6-10H,4-5H2,1-3H3;5-9,16H,3-4H2,1-2H3;1-7H2;2-5,9H,8H2,1H3;3-5H2,1-2H3;3H,2H2,1H3;1,3H;;1H;;;/q;;;;;;;;;;2*+1;-1/p-1. The van der Waals surface area contributed by atoms with Crippen molar-refractivity contribution in [3.63, 3.8) is 0 Å². The van der Waals surface area contributed by atoms with Crippen molar-refractivity contribution in [2.24, 2.45) is 5.84 Å². The number of anilines is 1. The zero-order chi connectivity index (χ0) is 71.5. The summed E-state index contributed by atoms with van der Waals surface area (Å²) in [6.45, 7) is 26.4. The van der Waals surface area contributed by atoms with E-state index in [1.807, 2.05) is 70.0 Å².